The van der Waals surface area contributed by atoms with E-state index in [1.807, 2.05) is 0 Å². The van der Waals surface area contributed by atoms with Crippen molar-refractivity contribution >= 4 is 23.2 Å². The lowest BCUT2D eigenvalue weighted by Crippen LogP contribution is -2.36. The molecule has 3 rings (SSSR count). The third-order valence-corrected chi connectivity index (χ3v) is 7.65. The van der Waals surface area contributed by atoms with E-state index in [2.05, 4.69) is 73.3 Å². The van der Waals surface area contributed by atoms with E-state index in [-0.39, 0.29) is 10.8 Å². The van der Waals surface area contributed by atoms with Gasteiger partial charge in [0.05, 0.1) is 10.8 Å². The monoisotopic (exact) mass is 431 g/mol. The molecule has 0 heterocycles. The molecule has 1 saturated carbocycles. The van der Waals surface area contributed by atoms with Crippen molar-refractivity contribution in [1.82, 2.24) is 4.90 Å². The standard InChI is InChI=1S/C26H35Cl2N/c1-3-24(29(4-2)17-16-20-8-6-5-7-9-20)15-12-21-10-13-22(14-11-21)23-18-25(27)26(28)19-23/h5-11,13-14,23-26H,3-4,12,15-19H2,1-2H3. The van der Waals surface area contributed by atoms with Gasteiger partial charge >= 0.3 is 0 Å². The fourth-order valence-corrected chi connectivity index (χ4v) is 5.29. The predicted molar refractivity (Wildman–Crippen MR) is 127 cm³/mol. The van der Waals surface area contributed by atoms with Crippen molar-refractivity contribution in [2.24, 2.45) is 0 Å². The Morgan fingerprint density at radius 1 is 0.862 bits per heavy atom. The van der Waals surface area contributed by atoms with Crippen LogP contribution >= 0.6 is 23.2 Å². The molecule has 0 bridgehead atoms. The summed E-state index contributed by atoms with van der Waals surface area (Å²) in [5.41, 5.74) is 4.27. The molecule has 0 N–H and O–H groups in total. The van der Waals surface area contributed by atoms with Crippen LogP contribution in [0.2, 0.25) is 0 Å². The average molecular weight is 432 g/mol. The lowest BCUT2D eigenvalue weighted by atomic mass is 9.95. The second-order valence-electron chi connectivity index (χ2n) is 8.41. The average Bonchev–Trinajstić information content (AvgIpc) is 3.10. The third-order valence-electron chi connectivity index (χ3n) is 6.55. The summed E-state index contributed by atoms with van der Waals surface area (Å²) in [6.07, 6.45) is 6.69. The van der Waals surface area contributed by atoms with E-state index >= 15 is 0 Å². The van der Waals surface area contributed by atoms with Crippen LogP contribution in [-0.2, 0) is 12.8 Å². The minimum absolute atomic E-state index is 0.113. The van der Waals surface area contributed by atoms with Gasteiger partial charge in [-0.3, -0.25) is 0 Å². The van der Waals surface area contributed by atoms with Crippen molar-refractivity contribution in [2.45, 2.75) is 75.1 Å². The van der Waals surface area contributed by atoms with E-state index in [1.165, 1.54) is 29.5 Å². The highest BCUT2D eigenvalue weighted by Gasteiger charge is 2.32. The molecule has 29 heavy (non-hydrogen) atoms. The Bertz CT molecular complexity index is 705. The lowest BCUT2D eigenvalue weighted by Gasteiger charge is -2.30. The summed E-state index contributed by atoms with van der Waals surface area (Å²) in [7, 11) is 0. The van der Waals surface area contributed by atoms with Gasteiger partial charge in [0.15, 0.2) is 0 Å². The van der Waals surface area contributed by atoms with Gasteiger partial charge in [0.25, 0.3) is 0 Å². The van der Waals surface area contributed by atoms with Crippen molar-refractivity contribution in [2.75, 3.05) is 13.1 Å². The zero-order valence-electron chi connectivity index (χ0n) is 17.9. The molecular formula is C26H35Cl2N. The summed E-state index contributed by atoms with van der Waals surface area (Å²) >= 11 is 12.6. The van der Waals surface area contributed by atoms with Crippen molar-refractivity contribution in [3.05, 3.63) is 71.3 Å². The van der Waals surface area contributed by atoms with Crippen molar-refractivity contribution in [1.29, 1.82) is 0 Å². The molecule has 2 aromatic rings. The van der Waals surface area contributed by atoms with Crippen LogP contribution in [0.15, 0.2) is 54.6 Å². The van der Waals surface area contributed by atoms with E-state index in [1.54, 1.807) is 0 Å². The van der Waals surface area contributed by atoms with Crippen molar-refractivity contribution in [3.63, 3.8) is 0 Å². The molecule has 0 aliphatic heterocycles. The molecule has 2 aromatic carbocycles. The smallest absolute Gasteiger partial charge is 0.0505 e. The highest BCUT2D eigenvalue weighted by atomic mass is 35.5. The van der Waals surface area contributed by atoms with Crippen LogP contribution in [0.5, 0.6) is 0 Å². The van der Waals surface area contributed by atoms with Gasteiger partial charge in [-0.2, -0.15) is 0 Å². The van der Waals surface area contributed by atoms with Crippen molar-refractivity contribution < 1.29 is 0 Å². The largest absolute Gasteiger partial charge is 0.300 e. The zero-order chi connectivity index (χ0) is 20.6. The molecule has 1 fully saturated rings. The molecule has 0 amide bonds. The van der Waals surface area contributed by atoms with E-state index in [4.69, 9.17) is 23.2 Å². The highest BCUT2D eigenvalue weighted by Crippen LogP contribution is 2.40. The van der Waals surface area contributed by atoms with Crippen LogP contribution in [0, 0.1) is 0 Å². The lowest BCUT2D eigenvalue weighted by molar-refractivity contribution is 0.193. The van der Waals surface area contributed by atoms with E-state index in [0.29, 0.717) is 12.0 Å². The van der Waals surface area contributed by atoms with Crippen LogP contribution in [0.25, 0.3) is 0 Å². The van der Waals surface area contributed by atoms with Gasteiger partial charge in [-0.1, -0.05) is 68.4 Å². The first-order valence-electron chi connectivity index (χ1n) is 11.3. The molecule has 3 unspecified atom stereocenters. The fraction of sp³-hybridized carbons (Fsp3) is 0.538. The van der Waals surface area contributed by atoms with Crippen LogP contribution in [0.3, 0.4) is 0 Å². The normalized spacial score (nSPS) is 22.9. The number of aryl methyl sites for hydroxylation is 1. The van der Waals surface area contributed by atoms with Gasteiger partial charge in [0.2, 0.25) is 0 Å². The number of alkyl halides is 2. The molecule has 3 heteroatoms. The maximum absolute atomic E-state index is 6.31. The maximum atomic E-state index is 6.31. The van der Waals surface area contributed by atoms with Gasteiger partial charge in [0, 0.05) is 12.6 Å². The number of halogens is 2. The number of rotatable bonds is 10. The van der Waals surface area contributed by atoms with Gasteiger partial charge in [0.1, 0.15) is 0 Å². The molecule has 0 radical (unpaired) electrons. The summed E-state index contributed by atoms with van der Waals surface area (Å²) in [6.45, 7) is 6.87. The Balaban J connectivity index is 1.51. The minimum Gasteiger partial charge on any atom is -0.300 e. The molecule has 0 spiro atoms. The molecular weight excluding hydrogens is 397 g/mol. The topological polar surface area (TPSA) is 3.24 Å². The summed E-state index contributed by atoms with van der Waals surface area (Å²) in [5.74, 6) is 0.519. The summed E-state index contributed by atoms with van der Waals surface area (Å²) < 4.78 is 0. The van der Waals surface area contributed by atoms with E-state index in [0.717, 1.165) is 38.8 Å². The van der Waals surface area contributed by atoms with Crippen LogP contribution in [-0.4, -0.2) is 34.8 Å². The molecule has 0 aromatic heterocycles. The molecule has 3 atom stereocenters. The summed E-state index contributed by atoms with van der Waals surface area (Å²) in [6, 6.07) is 20.7. The molecule has 158 valence electrons. The minimum atomic E-state index is 0.113. The number of hydrogen-bond acceptors (Lipinski definition) is 1. The number of benzene rings is 2. The molecule has 0 saturated heterocycles. The van der Waals surface area contributed by atoms with Crippen molar-refractivity contribution in [3.8, 4) is 0 Å². The van der Waals surface area contributed by atoms with E-state index in [9.17, 15) is 0 Å². The quantitative estimate of drug-likeness (QED) is 0.364. The summed E-state index contributed by atoms with van der Waals surface area (Å²) in [4.78, 5) is 2.65. The Morgan fingerprint density at radius 2 is 1.48 bits per heavy atom. The molecule has 1 aliphatic carbocycles. The van der Waals surface area contributed by atoms with E-state index < -0.39 is 0 Å². The van der Waals surface area contributed by atoms with Gasteiger partial charge in [-0.15, -0.1) is 23.2 Å². The molecule has 1 aliphatic rings. The van der Waals surface area contributed by atoms with Crippen LogP contribution < -0.4 is 0 Å². The van der Waals surface area contributed by atoms with Crippen LogP contribution in [0.1, 0.15) is 62.1 Å². The summed E-state index contributed by atoms with van der Waals surface area (Å²) in [5, 5.41) is 0.227. The first-order valence-corrected chi connectivity index (χ1v) is 12.1. The highest BCUT2D eigenvalue weighted by molar-refractivity contribution is 6.30. The predicted octanol–water partition coefficient (Wildman–Crippen LogP) is 7.05. The third kappa shape index (κ3) is 6.48. The fourth-order valence-electron chi connectivity index (χ4n) is 4.66. The number of hydrogen-bond donors (Lipinski definition) is 0. The van der Waals surface area contributed by atoms with Gasteiger partial charge in [-0.25, -0.2) is 0 Å². The Morgan fingerprint density at radius 3 is 2.07 bits per heavy atom. The second-order valence-corrected chi connectivity index (χ2v) is 9.53. The first kappa shape index (κ1) is 22.7. The SMILES string of the molecule is CCC(CCc1ccc(C2CC(Cl)C(Cl)C2)cc1)N(CC)CCc1ccccc1. The molecule has 1 nitrogen and oxygen atoms in total. The van der Waals surface area contributed by atoms with Crippen LogP contribution in [0.4, 0.5) is 0 Å². The first-order chi connectivity index (χ1) is 14.1. The number of likely N-dealkylation sites (N-methyl/N-ethyl adjacent to an activating group) is 1. The van der Waals surface area contributed by atoms with Gasteiger partial charge < -0.3 is 4.90 Å². The second kappa shape index (κ2) is 11.4. The maximum Gasteiger partial charge on any atom is 0.0505 e. The zero-order valence-corrected chi connectivity index (χ0v) is 19.4. The Labute approximate surface area is 187 Å². The Kier molecular flexibility index (Phi) is 8.90. The van der Waals surface area contributed by atoms with Gasteiger partial charge in [-0.05, 0) is 67.7 Å². The number of nitrogens with zero attached hydrogens (tertiary/aromatic N) is 1. The Hall–Kier alpha value is -1.02.